The lowest BCUT2D eigenvalue weighted by Gasteiger charge is -2.18. The zero-order valence-electron chi connectivity index (χ0n) is 9.65. The Bertz CT molecular complexity index is 413. The molecule has 1 aromatic rings. The number of thioether (sulfide) groups is 1. The van der Waals surface area contributed by atoms with Crippen LogP contribution in [0.5, 0.6) is 0 Å². The maximum Gasteiger partial charge on any atom is 0.270 e. The predicted octanol–water partition coefficient (Wildman–Crippen LogP) is 2.23. The van der Waals surface area contributed by atoms with E-state index in [1.807, 2.05) is 0 Å². The lowest BCUT2D eigenvalue weighted by atomic mass is 10.2. The largest absolute Gasteiger partial charge is 0.347 e. The van der Waals surface area contributed by atoms with Gasteiger partial charge in [-0.25, -0.2) is 4.98 Å². The Morgan fingerprint density at radius 2 is 2.35 bits per heavy atom. The minimum Gasteiger partial charge on any atom is -0.347 e. The summed E-state index contributed by atoms with van der Waals surface area (Å²) in [6.07, 6.45) is 5.30. The molecule has 3 nitrogen and oxygen atoms in total. The molecule has 1 amide bonds. The van der Waals surface area contributed by atoms with Gasteiger partial charge in [0.05, 0.1) is 0 Å². The van der Waals surface area contributed by atoms with E-state index in [4.69, 9.17) is 0 Å². The predicted molar refractivity (Wildman–Crippen MR) is 66.6 cm³/mol. The van der Waals surface area contributed by atoms with E-state index in [0.717, 1.165) is 19.3 Å². The quantitative estimate of drug-likeness (QED) is 0.841. The summed E-state index contributed by atoms with van der Waals surface area (Å²) in [5.41, 5.74) is 0.150. The van der Waals surface area contributed by atoms with E-state index in [1.54, 1.807) is 11.8 Å². The van der Waals surface area contributed by atoms with Gasteiger partial charge in [-0.2, -0.15) is 16.2 Å². The maximum absolute atomic E-state index is 12.9. The normalized spacial score (nSPS) is 23.6. The molecule has 0 saturated heterocycles. The van der Waals surface area contributed by atoms with Crippen molar-refractivity contribution in [1.29, 1.82) is 0 Å². The van der Waals surface area contributed by atoms with Gasteiger partial charge in [0.1, 0.15) is 5.69 Å². The van der Waals surface area contributed by atoms with Crippen LogP contribution >= 0.6 is 11.8 Å². The van der Waals surface area contributed by atoms with Crippen LogP contribution in [0.3, 0.4) is 0 Å². The highest BCUT2D eigenvalue weighted by molar-refractivity contribution is 7.99. The topological polar surface area (TPSA) is 42.0 Å². The number of rotatable bonds is 3. The van der Waals surface area contributed by atoms with Crippen molar-refractivity contribution in [3.05, 3.63) is 29.8 Å². The molecule has 1 aliphatic carbocycles. The Morgan fingerprint density at radius 3 is 3.06 bits per heavy atom. The summed E-state index contributed by atoms with van der Waals surface area (Å²) in [5, 5.41) is 3.40. The Morgan fingerprint density at radius 1 is 1.53 bits per heavy atom. The van der Waals surface area contributed by atoms with Crippen molar-refractivity contribution in [2.45, 2.75) is 30.6 Å². The second-order valence-electron chi connectivity index (χ2n) is 4.13. The van der Waals surface area contributed by atoms with Crippen molar-refractivity contribution < 1.29 is 9.18 Å². The van der Waals surface area contributed by atoms with Crippen molar-refractivity contribution in [1.82, 2.24) is 10.3 Å². The molecule has 2 atom stereocenters. The number of hydrogen-bond acceptors (Lipinski definition) is 3. The zero-order chi connectivity index (χ0) is 12.3. The van der Waals surface area contributed by atoms with Crippen LogP contribution in [-0.4, -0.2) is 28.4 Å². The van der Waals surface area contributed by atoms with Crippen LogP contribution in [0.1, 0.15) is 29.8 Å². The zero-order valence-corrected chi connectivity index (χ0v) is 10.5. The highest BCUT2D eigenvalue weighted by atomic mass is 32.2. The first-order valence-electron chi connectivity index (χ1n) is 5.67. The van der Waals surface area contributed by atoms with E-state index < -0.39 is 5.95 Å². The summed E-state index contributed by atoms with van der Waals surface area (Å²) in [7, 11) is 0. The van der Waals surface area contributed by atoms with Crippen LogP contribution in [-0.2, 0) is 0 Å². The molecule has 0 spiro atoms. The fraction of sp³-hybridized carbons (Fsp3) is 0.500. The Kier molecular flexibility index (Phi) is 3.99. The van der Waals surface area contributed by atoms with Crippen LogP contribution in [0.15, 0.2) is 18.2 Å². The Labute approximate surface area is 104 Å². The lowest BCUT2D eigenvalue weighted by Crippen LogP contribution is -2.39. The number of nitrogens with one attached hydrogen (secondary N) is 1. The van der Waals surface area contributed by atoms with Gasteiger partial charge in [-0.15, -0.1) is 0 Å². The van der Waals surface area contributed by atoms with Gasteiger partial charge >= 0.3 is 0 Å². The summed E-state index contributed by atoms with van der Waals surface area (Å²) < 4.78 is 12.9. The lowest BCUT2D eigenvalue weighted by molar-refractivity contribution is 0.0932. The Hall–Kier alpha value is -1.10. The van der Waals surface area contributed by atoms with E-state index in [0.29, 0.717) is 5.25 Å². The number of carbonyl (C=O) groups excluding carboxylic acids is 1. The van der Waals surface area contributed by atoms with Gasteiger partial charge in [-0.1, -0.05) is 12.5 Å². The van der Waals surface area contributed by atoms with Crippen LogP contribution < -0.4 is 5.32 Å². The van der Waals surface area contributed by atoms with Crippen LogP contribution in [0.4, 0.5) is 4.39 Å². The molecule has 1 aliphatic rings. The van der Waals surface area contributed by atoms with Crippen molar-refractivity contribution in [3.63, 3.8) is 0 Å². The van der Waals surface area contributed by atoms with E-state index in [-0.39, 0.29) is 17.6 Å². The smallest absolute Gasteiger partial charge is 0.270 e. The molecule has 1 saturated carbocycles. The molecule has 1 N–H and O–H groups in total. The number of nitrogens with zero attached hydrogens (tertiary/aromatic N) is 1. The molecule has 92 valence electrons. The van der Waals surface area contributed by atoms with Crippen LogP contribution in [0.25, 0.3) is 0 Å². The van der Waals surface area contributed by atoms with Crippen LogP contribution in [0.2, 0.25) is 0 Å². The van der Waals surface area contributed by atoms with Gasteiger partial charge in [0.25, 0.3) is 5.91 Å². The number of amides is 1. The number of carbonyl (C=O) groups is 1. The van der Waals surface area contributed by atoms with Crippen molar-refractivity contribution >= 4 is 17.7 Å². The molecular formula is C12H15FN2OS. The van der Waals surface area contributed by atoms with Crippen molar-refractivity contribution in [3.8, 4) is 0 Å². The molecule has 0 aromatic carbocycles. The summed E-state index contributed by atoms with van der Waals surface area (Å²) in [6.45, 7) is 0. The first-order valence-corrected chi connectivity index (χ1v) is 6.95. The summed E-state index contributed by atoms with van der Waals surface area (Å²) in [4.78, 5) is 15.4. The minimum absolute atomic E-state index is 0.150. The first kappa shape index (κ1) is 12.4. The van der Waals surface area contributed by atoms with Gasteiger partial charge in [0.2, 0.25) is 5.95 Å². The third-order valence-electron chi connectivity index (χ3n) is 3.02. The fourth-order valence-corrected chi connectivity index (χ4v) is 3.09. The van der Waals surface area contributed by atoms with Crippen LogP contribution in [0, 0.1) is 5.95 Å². The summed E-state index contributed by atoms with van der Waals surface area (Å²) in [6, 6.07) is 4.44. The molecule has 1 heterocycles. The summed E-state index contributed by atoms with van der Waals surface area (Å²) in [5.74, 6) is -0.902. The maximum atomic E-state index is 12.9. The van der Waals surface area contributed by atoms with Gasteiger partial charge in [-0.3, -0.25) is 4.79 Å². The second-order valence-corrected chi connectivity index (χ2v) is 5.21. The number of pyridine rings is 1. The molecule has 2 rings (SSSR count). The van der Waals surface area contributed by atoms with Crippen molar-refractivity contribution in [2.75, 3.05) is 6.26 Å². The van der Waals surface area contributed by atoms with E-state index in [1.165, 1.54) is 18.2 Å². The molecule has 0 aliphatic heterocycles. The number of halogens is 1. The van der Waals surface area contributed by atoms with Gasteiger partial charge in [0, 0.05) is 11.3 Å². The van der Waals surface area contributed by atoms with E-state index in [9.17, 15) is 9.18 Å². The molecule has 0 bridgehead atoms. The SMILES string of the molecule is CSC1CCCC1NC(=O)c1cccc(F)n1. The number of hydrogen-bond donors (Lipinski definition) is 1. The molecule has 17 heavy (non-hydrogen) atoms. The average molecular weight is 254 g/mol. The second kappa shape index (κ2) is 5.49. The molecule has 0 radical (unpaired) electrons. The standard InChI is InChI=1S/C12H15FN2OS/c1-17-10-6-2-4-8(10)15-12(16)9-5-3-7-11(13)14-9/h3,5,7-8,10H,2,4,6H2,1H3,(H,15,16). The third kappa shape index (κ3) is 2.97. The minimum atomic E-state index is -0.620. The fourth-order valence-electron chi connectivity index (χ4n) is 2.15. The van der Waals surface area contributed by atoms with Gasteiger partial charge < -0.3 is 5.32 Å². The molecule has 2 unspecified atom stereocenters. The van der Waals surface area contributed by atoms with E-state index in [2.05, 4.69) is 16.6 Å². The molecule has 1 fully saturated rings. The van der Waals surface area contributed by atoms with E-state index >= 15 is 0 Å². The molecule has 1 aromatic heterocycles. The molecule has 5 heteroatoms. The van der Waals surface area contributed by atoms with Crippen molar-refractivity contribution in [2.24, 2.45) is 0 Å². The van der Waals surface area contributed by atoms with Gasteiger partial charge in [-0.05, 0) is 31.2 Å². The summed E-state index contributed by atoms with van der Waals surface area (Å²) >= 11 is 1.77. The average Bonchev–Trinajstić information content (AvgIpc) is 2.76. The monoisotopic (exact) mass is 254 g/mol. The number of aromatic nitrogens is 1. The molecular weight excluding hydrogens is 239 g/mol. The first-order chi connectivity index (χ1) is 8.20. The highest BCUT2D eigenvalue weighted by Crippen LogP contribution is 2.28. The Balaban J connectivity index is 2.01. The third-order valence-corrected chi connectivity index (χ3v) is 4.19. The highest BCUT2D eigenvalue weighted by Gasteiger charge is 2.28. The van der Waals surface area contributed by atoms with Gasteiger partial charge in [0.15, 0.2) is 0 Å².